The molecule has 1 aromatic heterocycles. The molecule has 4 aromatic rings. The van der Waals surface area contributed by atoms with Gasteiger partial charge in [-0.25, -0.2) is 0 Å². The quantitative estimate of drug-likeness (QED) is 0.377. The Balaban J connectivity index is 1.92. The maximum absolute atomic E-state index is 13.3. The SMILES string of the molecule is O=c1c2ccccc2oc2cc(-c3ccccc3)c3c(c12)CCCCCC3. The van der Waals surface area contributed by atoms with Crippen LogP contribution in [0.4, 0.5) is 0 Å². The summed E-state index contributed by atoms with van der Waals surface area (Å²) in [7, 11) is 0. The summed E-state index contributed by atoms with van der Waals surface area (Å²) in [5.74, 6) is 0. The molecule has 0 unspecified atom stereocenters. The van der Waals surface area contributed by atoms with Crippen LogP contribution in [-0.2, 0) is 12.8 Å². The zero-order valence-corrected chi connectivity index (χ0v) is 15.3. The van der Waals surface area contributed by atoms with Crippen LogP contribution < -0.4 is 5.43 Å². The third-order valence-electron chi connectivity index (χ3n) is 5.78. The van der Waals surface area contributed by atoms with Crippen molar-refractivity contribution in [3.8, 4) is 11.1 Å². The summed E-state index contributed by atoms with van der Waals surface area (Å²) >= 11 is 0. The van der Waals surface area contributed by atoms with E-state index in [2.05, 4.69) is 30.3 Å². The van der Waals surface area contributed by atoms with Crippen LogP contribution in [0.25, 0.3) is 33.1 Å². The highest BCUT2D eigenvalue weighted by Gasteiger charge is 2.20. The van der Waals surface area contributed by atoms with Crippen molar-refractivity contribution in [2.24, 2.45) is 0 Å². The first-order valence-electron chi connectivity index (χ1n) is 9.88. The normalized spacial score (nSPS) is 14.7. The van der Waals surface area contributed by atoms with E-state index in [-0.39, 0.29) is 5.43 Å². The lowest BCUT2D eigenvalue weighted by molar-refractivity contribution is 0.617. The standard InChI is InChI=1S/C25H22O2/c26-25-20-14-8-9-15-22(20)27-23-16-21(17-10-4-3-5-11-17)18-12-6-1-2-7-13-19(18)24(23)25/h3-5,8-11,14-16H,1-2,6-7,12-13H2. The molecule has 0 bridgehead atoms. The molecule has 0 spiro atoms. The van der Waals surface area contributed by atoms with E-state index in [4.69, 9.17) is 4.42 Å². The van der Waals surface area contributed by atoms with Gasteiger partial charge in [0.2, 0.25) is 5.43 Å². The van der Waals surface area contributed by atoms with Crippen molar-refractivity contribution >= 4 is 21.9 Å². The van der Waals surface area contributed by atoms with Crippen molar-refractivity contribution in [2.75, 3.05) is 0 Å². The van der Waals surface area contributed by atoms with E-state index in [1.807, 2.05) is 30.3 Å². The smallest absolute Gasteiger partial charge is 0.200 e. The van der Waals surface area contributed by atoms with E-state index in [9.17, 15) is 4.79 Å². The number of para-hydroxylation sites is 1. The van der Waals surface area contributed by atoms with Gasteiger partial charge in [-0.15, -0.1) is 0 Å². The van der Waals surface area contributed by atoms with Gasteiger partial charge in [-0.2, -0.15) is 0 Å². The average Bonchev–Trinajstić information content (AvgIpc) is 2.69. The Morgan fingerprint density at radius 1 is 0.704 bits per heavy atom. The molecular weight excluding hydrogens is 332 g/mol. The van der Waals surface area contributed by atoms with Crippen LogP contribution >= 0.6 is 0 Å². The van der Waals surface area contributed by atoms with E-state index < -0.39 is 0 Å². The zero-order chi connectivity index (χ0) is 18.2. The van der Waals surface area contributed by atoms with E-state index >= 15 is 0 Å². The molecule has 0 fully saturated rings. The number of benzene rings is 3. The molecule has 5 rings (SSSR count). The van der Waals surface area contributed by atoms with Crippen molar-refractivity contribution in [3.05, 3.63) is 82.0 Å². The van der Waals surface area contributed by atoms with Gasteiger partial charge in [-0.05, 0) is 66.1 Å². The summed E-state index contributed by atoms with van der Waals surface area (Å²) < 4.78 is 6.23. The van der Waals surface area contributed by atoms with Crippen LogP contribution in [0.5, 0.6) is 0 Å². The number of hydrogen-bond donors (Lipinski definition) is 0. The number of fused-ring (bicyclic) bond motifs is 4. The Morgan fingerprint density at radius 2 is 1.41 bits per heavy atom. The molecule has 0 aliphatic heterocycles. The van der Waals surface area contributed by atoms with Crippen molar-refractivity contribution in [1.82, 2.24) is 0 Å². The first kappa shape index (κ1) is 16.3. The molecule has 0 saturated carbocycles. The summed E-state index contributed by atoms with van der Waals surface area (Å²) in [5, 5.41) is 1.48. The predicted octanol–water partition coefficient (Wildman–Crippen LogP) is 6.27. The van der Waals surface area contributed by atoms with Crippen molar-refractivity contribution in [2.45, 2.75) is 38.5 Å². The van der Waals surface area contributed by atoms with E-state index in [1.165, 1.54) is 41.5 Å². The maximum Gasteiger partial charge on any atom is 0.200 e. The third-order valence-corrected chi connectivity index (χ3v) is 5.78. The molecule has 134 valence electrons. The Morgan fingerprint density at radius 3 is 2.22 bits per heavy atom. The molecule has 1 heterocycles. The van der Waals surface area contributed by atoms with Gasteiger partial charge in [0, 0.05) is 0 Å². The Labute approximate surface area is 158 Å². The van der Waals surface area contributed by atoms with Crippen molar-refractivity contribution in [3.63, 3.8) is 0 Å². The highest BCUT2D eigenvalue weighted by molar-refractivity contribution is 5.95. The second-order valence-electron chi connectivity index (χ2n) is 7.46. The fraction of sp³-hybridized carbons (Fsp3) is 0.240. The minimum atomic E-state index is 0.114. The molecule has 1 aliphatic carbocycles. The predicted molar refractivity (Wildman–Crippen MR) is 111 cm³/mol. The lowest BCUT2D eigenvalue weighted by Gasteiger charge is -2.20. The van der Waals surface area contributed by atoms with Gasteiger partial charge in [-0.1, -0.05) is 55.3 Å². The number of aryl methyl sites for hydroxylation is 1. The van der Waals surface area contributed by atoms with E-state index in [0.717, 1.165) is 30.2 Å². The Kier molecular flexibility index (Phi) is 4.05. The van der Waals surface area contributed by atoms with Gasteiger partial charge in [0.1, 0.15) is 11.2 Å². The zero-order valence-electron chi connectivity index (χ0n) is 15.3. The highest BCUT2D eigenvalue weighted by atomic mass is 16.3. The molecule has 3 aromatic carbocycles. The first-order chi connectivity index (χ1) is 13.3. The van der Waals surface area contributed by atoms with Gasteiger partial charge < -0.3 is 4.42 Å². The average molecular weight is 354 g/mol. The van der Waals surface area contributed by atoms with Crippen LogP contribution in [0, 0.1) is 0 Å². The molecule has 27 heavy (non-hydrogen) atoms. The fourth-order valence-electron chi connectivity index (χ4n) is 4.47. The maximum atomic E-state index is 13.3. The lowest BCUT2D eigenvalue weighted by Crippen LogP contribution is -2.10. The van der Waals surface area contributed by atoms with E-state index in [1.54, 1.807) is 0 Å². The van der Waals surface area contributed by atoms with Crippen LogP contribution in [0.3, 0.4) is 0 Å². The topological polar surface area (TPSA) is 30.2 Å². The van der Waals surface area contributed by atoms with Gasteiger partial charge in [0.15, 0.2) is 0 Å². The van der Waals surface area contributed by atoms with Crippen LogP contribution in [-0.4, -0.2) is 0 Å². The van der Waals surface area contributed by atoms with E-state index in [0.29, 0.717) is 11.0 Å². The van der Waals surface area contributed by atoms with Crippen LogP contribution in [0.2, 0.25) is 0 Å². The molecule has 2 heteroatoms. The van der Waals surface area contributed by atoms with Crippen molar-refractivity contribution in [1.29, 1.82) is 0 Å². The highest BCUT2D eigenvalue weighted by Crippen LogP contribution is 2.36. The molecule has 0 N–H and O–H groups in total. The second-order valence-corrected chi connectivity index (χ2v) is 7.46. The summed E-state index contributed by atoms with van der Waals surface area (Å²) in [6.45, 7) is 0. The summed E-state index contributed by atoms with van der Waals surface area (Å²) in [6, 6.07) is 20.2. The molecule has 0 radical (unpaired) electrons. The monoisotopic (exact) mass is 354 g/mol. The molecule has 1 aliphatic rings. The number of rotatable bonds is 1. The van der Waals surface area contributed by atoms with Crippen molar-refractivity contribution < 1.29 is 4.42 Å². The van der Waals surface area contributed by atoms with Gasteiger partial charge >= 0.3 is 0 Å². The number of hydrogen-bond acceptors (Lipinski definition) is 2. The van der Waals surface area contributed by atoms with Gasteiger partial charge in [0.05, 0.1) is 10.8 Å². The molecule has 0 amide bonds. The first-order valence-corrected chi connectivity index (χ1v) is 9.88. The summed E-state index contributed by atoms with van der Waals surface area (Å²) in [6.07, 6.45) is 6.79. The molecule has 0 atom stereocenters. The minimum Gasteiger partial charge on any atom is -0.456 e. The van der Waals surface area contributed by atoms with Gasteiger partial charge in [0.25, 0.3) is 0 Å². The minimum absolute atomic E-state index is 0.114. The van der Waals surface area contributed by atoms with Crippen LogP contribution in [0.1, 0.15) is 36.8 Å². The van der Waals surface area contributed by atoms with Crippen LogP contribution in [0.15, 0.2) is 69.9 Å². The summed E-state index contributed by atoms with van der Waals surface area (Å²) in [4.78, 5) is 13.3. The third kappa shape index (κ3) is 2.76. The molecule has 2 nitrogen and oxygen atoms in total. The second kappa shape index (κ2) is 6.70. The Bertz CT molecular complexity index is 1190. The largest absolute Gasteiger partial charge is 0.456 e. The lowest BCUT2D eigenvalue weighted by atomic mass is 9.85. The Hall–Kier alpha value is -2.87. The fourth-order valence-corrected chi connectivity index (χ4v) is 4.47. The van der Waals surface area contributed by atoms with Gasteiger partial charge in [-0.3, -0.25) is 4.79 Å². The molecular formula is C25H22O2. The summed E-state index contributed by atoms with van der Waals surface area (Å²) in [5.41, 5.74) is 6.48. The molecule has 0 saturated heterocycles.